The molecule has 3 fully saturated rings. The van der Waals surface area contributed by atoms with Gasteiger partial charge in [-0.05, 0) is 44.0 Å². The minimum Gasteiger partial charge on any atom is -0.338 e. The largest absolute Gasteiger partial charge is 0.338 e. The maximum atomic E-state index is 13.0. The van der Waals surface area contributed by atoms with Gasteiger partial charge in [-0.15, -0.1) is 0 Å². The molecule has 3 aliphatic rings. The first-order valence-electron chi connectivity index (χ1n) is 10.0. The Kier molecular flexibility index (Phi) is 4.91. The highest BCUT2D eigenvalue weighted by molar-refractivity contribution is 6.21. The zero-order chi connectivity index (χ0) is 19.8. The number of urea groups is 1. The number of Topliss-reactive ketones (excluding diaryl/α,β-unsaturated/α-hetero) is 1. The number of rotatable bonds is 3. The van der Waals surface area contributed by atoms with Crippen molar-refractivity contribution in [1.29, 1.82) is 0 Å². The molecule has 7 heteroatoms. The molecule has 0 aromatic heterocycles. The second-order valence-corrected chi connectivity index (χ2v) is 7.89. The summed E-state index contributed by atoms with van der Waals surface area (Å²) in [6.45, 7) is 2.58. The Balaban J connectivity index is 1.50. The van der Waals surface area contributed by atoms with Crippen molar-refractivity contribution >= 4 is 29.3 Å². The molecule has 0 N–H and O–H groups in total. The van der Waals surface area contributed by atoms with Gasteiger partial charge in [0.2, 0.25) is 5.91 Å². The highest BCUT2D eigenvalue weighted by Crippen LogP contribution is 2.30. The summed E-state index contributed by atoms with van der Waals surface area (Å²) in [5.41, 5.74) is 0.990. The van der Waals surface area contributed by atoms with E-state index < -0.39 is 6.04 Å². The first kappa shape index (κ1) is 18.7. The van der Waals surface area contributed by atoms with E-state index in [4.69, 9.17) is 0 Å². The van der Waals surface area contributed by atoms with Crippen LogP contribution in [-0.4, -0.2) is 59.1 Å². The summed E-state index contributed by atoms with van der Waals surface area (Å²) in [6, 6.07) is 5.51. The molecule has 0 spiro atoms. The van der Waals surface area contributed by atoms with E-state index in [-0.39, 0.29) is 36.1 Å². The Morgan fingerprint density at radius 2 is 1.64 bits per heavy atom. The third kappa shape index (κ3) is 3.19. The fraction of sp³-hybridized carbons (Fsp3) is 0.524. The second-order valence-electron chi connectivity index (χ2n) is 7.89. The van der Waals surface area contributed by atoms with Gasteiger partial charge >= 0.3 is 6.03 Å². The van der Waals surface area contributed by atoms with Crippen LogP contribution in [0.5, 0.6) is 0 Å². The van der Waals surface area contributed by atoms with Gasteiger partial charge in [0.05, 0.1) is 12.2 Å². The molecule has 4 rings (SSSR count). The Labute approximate surface area is 164 Å². The lowest BCUT2D eigenvalue weighted by molar-refractivity contribution is -0.139. The first-order valence-corrected chi connectivity index (χ1v) is 10.0. The van der Waals surface area contributed by atoms with Gasteiger partial charge in [-0.3, -0.25) is 14.4 Å². The van der Waals surface area contributed by atoms with Crippen LogP contribution in [0.2, 0.25) is 0 Å². The van der Waals surface area contributed by atoms with Crippen LogP contribution in [0.1, 0.15) is 49.4 Å². The number of amides is 4. The van der Waals surface area contributed by atoms with Gasteiger partial charge < -0.3 is 9.80 Å². The van der Waals surface area contributed by atoms with Gasteiger partial charge in [-0.2, -0.15) is 0 Å². The van der Waals surface area contributed by atoms with Crippen LogP contribution in [0.15, 0.2) is 24.3 Å². The number of hydrogen-bond acceptors (Lipinski definition) is 4. The molecule has 1 aromatic carbocycles. The molecule has 0 bridgehead atoms. The first-order chi connectivity index (χ1) is 13.5. The predicted molar refractivity (Wildman–Crippen MR) is 103 cm³/mol. The van der Waals surface area contributed by atoms with Gasteiger partial charge in [0, 0.05) is 24.6 Å². The number of carbonyl (C=O) groups excluding carboxylic acids is 4. The summed E-state index contributed by atoms with van der Waals surface area (Å²) in [7, 11) is 0. The lowest BCUT2D eigenvalue weighted by atomic mass is 9.88. The third-order valence-electron chi connectivity index (χ3n) is 6.12. The number of piperazine rings is 1. The van der Waals surface area contributed by atoms with Crippen molar-refractivity contribution in [1.82, 2.24) is 9.80 Å². The van der Waals surface area contributed by atoms with Crippen LogP contribution in [0.25, 0.3) is 0 Å². The van der Waals surface area contributed by atoms with Crippen LogP contribution < -0.4 is 4.90 Å². The van der Waals surface area contributed by atoms with Gasteiger partial charge in [0.15, 0.2) is 5.78 Å². The predicted octanol–water partition coefficient (Wildman–Crippen LogP) is 2.45. The van der Waals surface area contributed by atoms with Crippen LogP contribution >= 0.6 is 0 Å². The van der Waals surface area contributed by atoms with Crippen LogP contribution in [0, 0.1) is 5.92 Å². The highest BCUT2D eigenvalue weighted by Gasteiger charge is 2.49. The molecule has 2 heterocycles. The maximum Gasteiger partial charge on any atom is 0.332 e. The average Bonchev–Trinajstić information content (AvgIpc) is 2.98. The summed E-state index contributed by atoms with van der Waals surface area (Å²) < 4.78 is 0. The standard InChI is InChI=1S/C21H25N3O4/c1-14(25)15-7-9-17(10-8-15)24-20(27)18-13-22(11-12-23(18)21(24)28)19(26)16-5-3-2-4-6-16/h7-10,16,18H,2-6,11-13H2,1H3. The van der Waals surface area contributed by atoms with Gasteiger partial charge in [-0.25, -0.2) is 9.69 Å². The number of fused-ring (bicyclic) bond motifs is 1. The van der Waals surface area contributed by atoms with Crippen molar-refractivity contribution in [3.8, 4) is 0 Å². The zero-order valence-electron chi connectivity index (χ0n) is 16.1. The molecule has 1 saturated carbocycles. The van der Waals surface area contributed by atoms with Gasteiger partial charge in [0.25, 0.3) is 5.91 Å². The van der Waals surface area contributed by atoms with E-state index in [0.717, 1.165) is 25.7 Å². The molecule has 1 aliphatic carbocycles. The van der Waals surface area contributed by atoms with E-state index in [1.165, 1.54) is 18.2 Å². The van der Waals surface area contributed by atoms with Crippen molar-refractivity contribution in [2.45, 2.75) is 45.1 Å². The average molecular weight is 383 g/mol. The maximum absolute atomic E-state index is 13.0. The molecule has 0 radical (unpaired) electrons. The molecule has 1 aromatic rings. The summed E-state index contributed by atoms with van der Waals surface area (Å²) in [4.78, 5) is 54.6. The summed E-state index contributed by atoms with van der Waals surface area (Å²) in [5.74, 6) is -0.187. The molecule has 1 unspecified atom stereocenters. The summed E-state index contributed by atoms with van der Waals surface area (Å²) >= 11 is 0. The Bertz CT molecular complexity index is 813. The number of hydrogen-bond donors (Lipinski definition) is 0. The monoisotopic (exact) mass is 383 g/mol. The number of imide groups is 1. The number of ketones is 1. The van der Waals surface area contributed by atoms with Crippen molar-refractivity contribution in [3.05, 3.63) is 29.8 Å². The third-order valence-corrected chi connectivity index (χ3v) is 6.12. The number of anilines is 1. The van der Waals surface area contributed by atoms with Gasteiger partial charge in [0.1, 0.15) is 6.04 Å². The fourth-order valence-electron chi connectivity index (χ4n) is 4.49. The van der Waals surface area contributed by atoms with Crippen LogP contribution in [0.4, 0.5) is 10.5 Å². The lowest BCUT2D eigenvalue weighted by Gasteiger charge is -2.37. The highest BCUT2D eigenvalue weighted by atomic mass is 16.2. The van der Waals surface area contributed by atoms with Gasteiger partial charge in [-0.1, -0.05) is 19.3 Å². The topological polar surface area (TPSA) is 78.0 Å². The smallest absolute Gasteiger partial charge is 0.332 e. The van der Waals surface area contributed by atoms with Crippen LogP contribution in [-0.2, 0) is 9.59 Å². The quantitative estimate of drug-likeness (QED) is 0.593. The molecule has 28 heavy (non-hydrogen) atoms. The summed E-state index contributed by atoms with van der Waals surface area (Å²) in [5, 5.41) is 0. The summed E-state index contributed by atoms with van der Waals surface area (Å²) in [6.07, 6.45) is 5.20. The molecular formula is C21H25N3O4. The zero-order valence-corrected chi connectivity index (χ0v) is 16.1. The van der Waals surface area contributed by atoms with E-state index in [1.807, 2.05) is 0 Å². The van der Waals surface area contributed by atoms with E-state index in [2.05, 4.69) is 0 Å². The number of benzene rings is 1. The number of carbonyl (C=O) groups is 4. The van der Waals surface area contributed by atoms with Crippen molar-refractivity contribution in [3.63, 3.8) is 0 Å². The number of nitrogens with zero attached hydrogens (tertiary/aromatic N) is 3. The second kappa shape index (κ2) is 7.37. The van der Waals surface area contributed by atoms with E-state index in [9.17, 15) is 19.2 Å². The SMILES string of the molecule is CC(=O)c1ccc(N2C(=O)C3CN(C(=O)C4CCCCC4)CCN3C2=O)cc1. The normalized spacial score (nSPS) is 23.2. The molecule has 2 aliphatic heterocycles. The molecule has 1 atom stereocenters. The van der Waals surface area contributed by atoms with E-state index in [0.29, 0.717) is 24.3 Å². The molecular weight excluding hydrogens is 358 g/mol. The molecule has 7 nitrogen and oxygen atoms in total. The Morgan fingerprint density at radius 3 is 2.29 bits per heavy atom. The molecule has 2 saturated heterocycles. The molecule has 4 amide bonds. The fourth-order valence-corrected chi connectivity index (χ4v) is 4.49. The van der Waals surface area contributed by atoms with E-state index in [1.54, 1.807) is 34.1 Å². The van der Waals surface area contributed by atoms with Crippen molar-refractivity contribution in [2.75, 3.05) is 24.5 Å². The van der Waals surface area contributed by atoms with Crippen molar-refractivity contribution in [2.24, 2.45) is 5.92 Å². The van der Waals surface area contributed by atoms with Crippen molar-refractivity contribution < 1.29 is 19.2 Å². The van der Waals surface area contributed by atoms with E-state index >= 15 is 0 Å². The Hall–Kier alpha value is -2.70. The molecule has 148 valence electrons. The lowest BCUT2D eigenvalue weighted by Crippen LogP contribution is -2.55. The minimum atomic E-state index is -0.624. The minimum absolute atomic E-state index is 0.0581. The van der Waals surface area contributed by atoms with Crippen LogP contribution in [0.3, 0.4) is 0 Å². The Morgan fingerprint density at radius 1 is 0.964 bits per heavy atom.